The molecule has 0 aromatic heterocycles. The molecule has 96 valence electrons. The lowest BCUT2D eigenvalue weighted by atomic mass is 10.0. The third-order valence-corrected chi connectivity index (χ3v) is 3.12. The van der Waals surface area contributed by atoms with Crippen LogP contribution in [0.3, 0.4) is 0 Å². The maximum atomic E-state index is 2.30. The second-order valence-electron chi connectivity index (χ2n) is 4.52. The van der Waals surface area contributed by atoms with Gasteiger partial charge in [-0.1, -0.05) is 43.7 Å². The van der Waals surface area contributed by atoms with Gasteiger partial charge in [-0.15, -0.1) is 0 Å². The molecule has 0 atom stereocenters. The summed E-state index contributed by atoms with van der Waals surface area (Å²) >= 11 is 0. The molecule has 0 heteroatoms. The highest BCUT2D eigenvalue weighted by Gasteiger charge is 1.97. The molecule has 2 aromatic rings. The molecule has 0 saturated heterocycles. The molecule has 0 bridgehead atoms. The number of hydrogen-bond donors (Lipinski definition) is 0. The van der Waals surface area contributed by atoms with Gasteiger partial charge in [0.05, 0.1) is 0 Å². The van der Waals surface area contributed by atoms with Gasteiger partial charge in [-0.3, -0.25) is 0 Å². The SMILES string of the molecule is C/C=c1/cc2c(C)cccc2cc1=C(C)C.CC. The van der Waals surface area contributed by atoms with Crippen molar-refractivity contribution in [3.63, 3.8) is 0 Å². The maximum Gasteiger partial charge on any atom is -0.0148 e. The fraction of sp³-hybridized carbons (Fsp3) is 0.333. The van der Waals surface area contributed by atoms with Crippen LogP contribution in [0.4, 0.5) is 0 Å². The Morgan fingerprint density at radius 3 is 2.28 bits per heavy atom. The summed E-state index contributed by atoms with van der Waals surface area (Å²) in [6.07, 6.45) is 2.19. The summed E-state index contributed by atoms with van der Waals surface area (Å²) < 4.78 is 0. The average Bonchev–Trinajstić information content (AvgIpc) is 2.40. The van der Waals surface area contributed by atoms with Crippen LogP contribution in [0.5, 0.6) is 0 Å². The number of benzene rings is 2. The molecule has 18 heavy (non-hydrogen) atoms. The molecule has 2 aromatic carbocycles. The molecule has 0 N–H and O–H groups in total. The summed E-state index contributed by atoms with van der Waals surface area (Å²) in [5, 5.41) is 5.39. The Bertz CT molecular complexity index is 642. The van der Waals surface area contributed by atoms with Gasteiger partial charge in [0.25, 0.3) is 0 Å². The van der Waals surface area contributed by atoms with Crippen molar-refractivity contribution in [1.82, 2.24) is 0 Å². The predicted octanol–water partition coefficient (Wildman–Crippen LogP) is 4.17. The molecule has 0 aliphatic heterocycles. The predicted molar refractivity (Wildman–Crippen MR) is 84.2 cm³/mol. The summed E-state index contributed by atoms with van der Waals surface area (Å²) in [7, 11) is 0. The van der Waals surface area contributed by atoms with Gasteiger partial charge in [0.15, 0.2) is 0 Å². The fourth-order valence-corrected chi connectivity index (χ4v) is 2.17. The number of rotatable bonds is 0. The highest BCUT2D eigenvalue weighted by Crippen LogP contribution is 2.14. The zero-order valence-electron chi connectivity index (χ0n) is 12.5. The van der Waals surface area contributed by atoms with Crippen molar-refractivity contribution in [2.45, 2.75) is 41.5 Å². The molecule has 0 heterocycles. The molecule has 0 fully saturated rings. The van der Waals surface area contributed by atoms with E-state index in [2.05, 4.69) is 64.1 Å². The van der Waals surface area contributed by atoms with Crippen LogP contribution < -0.4 is 10.4 Å². The molecule has 0 amide bonds. The van der Waals surface area contributed by atoms with E-state index in [0.29, 0.717) is 0 Å². The van der Waals surface area contributed by atoms with E-state index in [1.807, 2.05) is 13.8 Å². The third kappa shape index (κ3) is 2.81. The van der Waals surface area contributed by atoms with Crippen molar-refractivity contribution in [3.05, 3.63) is 46.3 Å². The zero-order valence-corrected chi connectivity index (χ0v) is 12.5. The van der Waals surface area contributed by atoms with Crippen LogP contribution >= 0.6 is 0 Å². The minimum absolute atomic E-state index is 1.34. The summed E-state index contributed by atoms with van der Waals surface area (Å²) in [6, 6.07) is 11.1. The van der Waals surface area contributed by atoms with E-state index >= 15 is 0 Å². The van der Waals surface area contributed by atoms with Gasteiger partial charge in [-0.05, 0) is 66.6 Å². The van der Waals surface area contributed by atoms with E-state index in [4.69, 9.17) is 0 Å². The van der Waals surface area contributed by atoms with Gasteiger partial charge in [0.2, 0.25) is 0 Å². The Balaban J connectivity index is 0.000000771. The first-order chi connectivity index (χ1) is 8.63. The lowest BCUT2D eigenvalue weighted by Gasteiger charge is -2.03. The molecular weight excluding hydrogens is 216 g/mol. The minimum Gasteiger partial charge on any atom is -0.0798 e. The van der Waals surface area contributed by atoms with E-state index < -0.39 is 0 Å². The second kappa shape index (κ2) is 6.39. The van der Waals surface area contributed by atoms with Gasteiger partial charge in [0, 0.05) is 0 Å². The zero-order chi connectivity index (χ0) is 13.7. The van der Waals surface area contributed by atoms with Gasteiger partial charge in [-0.2, -0.15) is 0 Å². The van der Waals surface area contributed by atoms with Crippen LogP contribution in [0.2, 0.25) is 0 Å². The highest BCUT2D eigenvalue weighted by molar-refractivity contribution is 5.86. The quantitative estimate of drug-likeness (QED) is 0.648. The first kappa shape index (κ1) is 14.5. The maximum absolute atomic E-state index is 2.30. The number of hydrogen-bond acceptors (Lipinski definition) is 0. The first-order valence-corrected chi connectivity index (χ1v) is 6.76. The van der Waals surface area contributed by atoms with Crippen LogP contribution in [0, 0.1) is 6.92 Å². The van der Waals surface area contributed by atoms with Crippen LogP contribution in [0.15, 0.2) is 30.3 Å². The summed E-state index contributed by atoms with van der Waals surface area (Å²) in [4.78, 5) is 0. The van der Waals surface area contributed by atoms with Crippen molar-refractivity contribution in [2.24, 2.45) is 0 Å². The molecule has 0 nitrogen and oxygen atoms in total. The van der Waals surface area contributed by atoms with E-state index in [-0.39, 0.29) is 0 Å². The molecule has 2 rings (SSSR count). The summed E-state index contributed by atoms with van der Waals surface area (Å²) in [6.45, 7) is 12.6. The lowest BCUT2D eigenvalue weighted by Crippen LogP contribution is -2.25. The van der Waals surface area contributed by atoms with E-state index in [0.717, 1.165) is 0 Å². The smallest absolute Gasteiger partial charge is 0.0148 e. The summed E-state index contributed by atoms with van der Waals surface area (Å²) in [5.41, 5.74) is 2.72. The fourth-order valence-electron chi connectivity index (χ4n) is 2.17. The van der Waals surface area contributed by atoms with E-state index in [1.165, 1.54) is 32.3 Å². The summed E-state index contributed by atoms with van der Waals surface area (Å²) in [5.74, 6) is 0. The van der Waals surface area contributed by atoms with Crippen LogP contribution in [0.1, 0.15) is 40.2 Å². The normalized spacial score (nSPS) is 11.1. The standard InChI is InChI=1S/C16H18.C2H6/c1-5-13-9-16-12(4)7-6-8-14(16)10-15(13)11(2)3;1-2/h5-10H,1-4H3;1-2H3/b13-5-;. The van der Waals surface area contributed by atoms with Gasteiger partial charge >= 0.3 is 0 Å². The van der Waals surface area contributed by atoms with Crippen molar-refractivity contribution < 1.29 is 0 Å². The van der Waals surface area contributed by atoms with Crippen molar-refractivity contribution in [2.75, 3.05) is 0 Å². The molecular formula is C18H24. The van der Waals surface area contributed by atoms with Crippen molar-refractivity contribution in [1.29, 1.82) is 0 Å². The molecule has 0 saturated carbocycles. The topological polar surface area (TPSA) is 0 Å². The third-order valence-electron chi connectivity index (χ3n) is 3.12. The Morgan fingerprint density at radius 2 is 1.72 bits per heavy atom. The molecule has 0 aliphatic carbocycles. The monoisotopic (exact) mass is 240 g/mol. The van der Waals surface area contributed by atoms with Crippen molar-refractivity contribution >= 4 is 22.4 Å². The van der Waals surface area contributed by atoms with Crippen molar-refractivity contribution in [3.8, 4) is 0 Å². The Morgan fingerprint density at radius 1 is 1.06 bits per heavy atom. The largest absolute Gasteiger partial charge is 0.0798 e. The van der Waals surface area contributed by atoms with E-state index in [1.54, 1.807) is 0 Å². The molecule has 0 radical (unpaired) electrons. The Labute approximate surface area is 111 Å². The first-order valence-electron chi connectivity index (χ1n) is 6.76. The van der Waals surface area contributed by atoms with Gasteiger partial charge < -0.3 is 0 Å². The molecule has 0 aliphatic rings. The van der Waals surface area contributed by atoms with Gasteiger partial charge in [0.1, 0.15) is 0 Å². The average molecular weight is 240 g/mol. The van der Waals surface area contributed by atoms with Gasteiger partial charge in [-0.25, -0.2) is 0 Å². The molecule has 0 spiro atoms. The lowest BCUT2D eigenvalue weighted by molar-refractivity contribution is 1.44. The number of fused-ring (bicyclic) bond motifs is 1. The second-order valence-corrected chi connectivity index (χ2v) is 4.52. The highest BCUT2D eigenvalue weighted by atomic mass is 14.0. The Hall–Kier alpha value is -1.56. The molecule has 0 unspecified atom stereocenters. The van der Waals surface area contributed by atoms with Crippen LogP contribution in [-0.4, -0.2) is 0 Å². The van der Waals surface area contributed by atoms with Crippen LogP contribution in [-0.2, 0) is 0 Å². The minimum atomic E-state index is 1.34. The van der Waals surface area contributed by atoms with Crippen LogP contribution in [0.25, 0.3) is 22.4 Å². The number of aryl methyl sites for hydroxylation is 1. The Kier molecular flexibility index (Phi) is 5.15. The van der Waals surface area contributed by atoms with E-state index in [9.17, 15) is 0 Å².